The lowest BCUT2D eigenvalue weighted by molar-refractivity contribution is 0.278. The molecule has 0 fully saturated rings. The first-order valence-corrected chi connectivity index (χ1v) is 6.37. The van der Waals surface area contributed by atoms with Crippen molar-refractivity contribution in [3.05, 3.63) is 28.3 Å². The summed E-state index contributed by atoms with van der Waals surface area (Å²) in [7, 11) is 1.07. The monoisotopic (exact) mass is 265 g/mol. The Labute approximate surface area is 96.1 Å². The number of benzene rings is 1. The second-order valence-corrected chi connectivity index (χ2v) is 5.59. The quantitative estimate of drug-likeness (QED) is 0.825. The van der Waals surface area contributed by atoms with Gasteiger partial charge in [-0.3, -0.25) is 0 Å². The second kappa shape index (κ2) is 4.37. The lowest BCUT2D eigenvalue weighted by Crippen LogP contribution is -2.02. The number of nitriles is 1. The van der Waals surface area contributed by atoms with Gasteiger partial charge in [-0.25, -0.2) is 8.42 Å². The number of aliphatic hydroxyl groups is 1. The predicted molar refractivity (Wildman–Crippen MR) is 55.1 cm³/mol. The molecule has 0 aliphatic carbocycles. The summed E-state index contributed by atoms with van der Waals surface area (Å²) in [6.07, 6.45) is 0. The Balaban J connectivity index is 3.69. The molecule has 0 heterocycles. The Bertz CT molecular complexity index is 534. The van der Waals surface area contributed by atoms with Crippen LogP contribution in [0.1, 0.15) is 11.1 Å². The van der Waals surface area contributed by atoms with Gasteiger partial charge in [-0.05, 0) is 12.1 Å². The Morgan fingerprint density at radius 3 is 2.47 bits per heavy atom. The van der Waals surface area contributed by atoms with E-state index in [0.717, 1.165) is 0 Å². The van der Waals surface area contributed by atoms with Crippen molar-refractivity contribution in [2.45, 2.75) is 11.5 Å². The second-order valence-electron chi connectivity index (χ2n) is 2.65. The number of hydrogen-bond donors (Lipinski definition) is 1. The van der Waals surface area contributed by atoms with Crippen LogP contribution in [0, 0.1) is 11.3 Å². The molecule has 80 valence electrons. The van der Waals surface area contributed by atoms with Crippen LogP contribution in [0.15, 0.2) is 17.0 Å². The van der Waals surface area contributed by atoms with Gasteiger partial charge in [-0.2, -0.15) is 5.26 Å². The van der Waals surface area contributed by atoms with E-state index in [9.17, 15) is 8.42 Å². The first-order valence-electron chi connectivity index (χ1n) is 3.68. The van der Waals surface area contributed by atoms with Crippen LogP contribution in [-0.4, -0.2) is 13.5 Å². The highest BCUT2D eigenvalue weighted by Gasteiger charge is 2.21. The van der Waals surface area contributed by atoms with Gasteiger partial charge in [-0.1, -0.05) is 11.6 Å². The van der Waals surface area contributed by atoms with E-state index in [1.54, 1.807) is 6.07 Å². The normalized spacial score (nSPS) is 11.1. The minimum absolute atomic E-state index is 0.00838. The van der Waals surface area contributed by atoms with Gasteiger partial charge >= 0.3 is 0 Å². The number of halogens is 2. The summed E-state index contributed by atoms with van der Waals surface area (Å²) in [4.78, 5) is -0.390. The van der Waals surface area contributed by atoms with Crippen LogP contribution in [-0.2, 0) is 15.7 Å². The topological polar surface area (TPSA) is 78.2 Å². The maximum Gasteiger partial charge on any atom is 0.262 e. The van der Waals surface area contributed by atoms with E-state index in [4.69, 9.17) is 32.7 Å². The molecule has 1 N–H and O–H groups in total. The Morgan fingerprint density at radius 2 is 2.07 bits per heavy atom. The zero-order valence-electron chi connectivity index (χ0n) is 7.24. The molecule has 0 amide bonds. The summed E-state index contributed by atoms with van der Waals surface area (Å²) in [5, 5.41) is 17.8. The van der Waals surface area contributed by atoms with Gasteiger partial charge in [0, 0.05) is 21.3 Å². The molecule has 0 aliphatic rings. The first-order chi connectivity index (χ1) is 6.90. The molecule has 0 aliphatic heterocycles. The third kappa shape index (κ3) is 2.61. The van der Waals surface area contributed by atoms with Crippen molar-refractivity contribution in [1.29, 1.82) is 5.26 Å². The van der Waals surface area contributed by atoms with E-state index in [1.165, 1.54) is 12.1 Å². The molecule has 0 atom stereocenters. The molecule has 0 unspecified atom stereocenters. The highest BCUT2D eigenvalue weighted by Crippen LogP contribution is 2.27. The highest BCUT2D eigenvalue weighted by atomic mass is 35.7. The van der Waals surface area contributed by atoms with Crippen molar-refractivity contribution in [1.82, 2.24) is 0 Å². The maximum atomic E-state index is 11.2. The number of aliphatic hydroxyl groups excluding tert-OH is 1. The van der Waals surface area contributed by atoms with Gasteiger partial charge in [0.1, 0.15) is 11.0 Å². The molecule has 1 rings (SSSR count). The molecular weight excluding hydrogens is 261 g/mol. The predicted octanol–water partition coefficient (Wildman–Crippen LogP) is 1.63. The van der Waals surface area contributed by atoms with Crippen molar-refractivity contribution in [3.8, 4) is 6.07 Å². The lowest BCUT2D eigenvalue weighted by Gasteiger charge is -2.06. The fourth-order valence-corrected chi connectivity index (χ4v) is 2.73. The molecule has 0 radical (unpaired) electrons. The van der Waals surface area contributed by atoms with Crippen LogP contribution in [0.25, 0.3) is 0 Å². The van der Waals surface area contributed by atoms with Crippen LogP contribution in [0.5, 0.6) is 0 Å². The molecule has 4 nitrogen and oxygen atoms in total. The van der Waals surface area contributed by atoms with E-state index >= 15 is 0 Å². The van der Waals surface area contributed by atoms with Gasteiger partial charge in [-0.15, -0.1) is 0 Å². The largest absolute Gasteiger partial charge is 0.392 e. The van der Waals surface area contributed by atoms with Gasteiger partial charge in [0.05, 0.1) is 12.2 Å². The molecule has 0 aromatic heterocycles. The van der Waals surface area contributed by atoms with Gasteiger partial charge < -0.3 is 5.11 Å². The van der Waals surface area contributed by atoms with Crippen LogP contribution >= 0.6 is 22.3 Å². The fourth-order valence-electron chi connectivity index (χ4n) is 1.14. The first kappa shape index (κ1) is 12.3. The van der Waals surface area contributed by atoms with Crippen LogP contribution in [0.3, 0.4) is 0 Å². The molecule has 0 saturated carbocycles. The third-order valence-corrected chi connectivity index (χ3v) is 3.32. The van der Waals surface area contributed by atoms with E-state index in [1.807, 2.05) is 0 Å². The average molecular weight is 266 g/mol. The van der Waals surface area contributed by atoms with E-state index in [-0.39, 0.29) is 16.1 Å². The minimum Gasteiger partial charge on any atom is -0.392 e. The lowest BCUT2D eigenvalue weighted by atomic mass is 10.1. The zero-order chi connectivity index (χ0) is 11.6. The standard InChI is InChI=1S/C8H5Cl2NO3S/c9-7-1-5(3-11)8(15(10,13)14)6(2-7)4-12/h1-2,12H,4H2. The summed E-state index contributed by atoms with van der Waals surface area (Å²) in [6.45, 7) is -0.559. The number of nitrogens with zero attached hydrogens (tertiary/aromatic N) is 1. The Morgan fingerprint density at radius 1 is 1.47 bits per heavy atom. The maximum absolute atomic E-state index is 11.2. The molecular formula is C8H5Cl2NO3S. The zero-order valence-corrected chi connectivity index (χ0v) is 9.57. The molecule has 0 spiro atoms. The van der Waals surface area contributed by atoms with E-state index < -0.39 is 20.6 Å². The van der Waals surface area contributed by atoms with Crippen molar-refractivity contribution in [3.63, 3.8) is 0 Å². The van der Waals surface area contributed by atoms with Crippen LogP contribution in [0.4, 0.5) is 0 Å². The minimum atomic E-state index is -4.07. The molecule has 0 saturated heterocycles. The van der Waals surface area contributed by atoms with Crippen molar-refractivity contribution >= 4 is 31.3 Å². The van der Waals surface area contributed by atoms with E-state index in [0.29, 0.717) is 0 Å². The number of hydrogen-bond acceptors (Lipinski definition) is 4. The van der Waals surface area contributed by atoms with E-state index in [2.05, 4.69) is 0 Å². The summed E-state index contributed by atoms with van der Waals surface area (Å²) < 4.78 is 22.3. The van der Waals surface area contributed by atoms with Crippen molar-refractivity contribution < 1.29 is 13.5 Å². The SMILES string of the molecule is N#Cc1cc(Cl)cc(CO)c1S(=O)(=O)Cl. The molecule has 1 aromatic rings. The van der Waals surface area contributed by atoms with Crippen molar-refractivity contribution in [2.24, 2.45) is 0 Å². The van der Waals surface area contributed by atoms with Crippen molar-refractivity contribution in [2.75, 3.05) is 0 Å². The molecule has 0 bridgehead atoms. The molecule has 7 heteroatoms. The van der Waals surface area contributed by atoms with Crippen LogP contribution < -0.4 is 0 Å². The average Bonchev–Trinajstić information content (AvgIpc) is 2.14. The third-order valence-electron chi connectivity index (χ3n) is 1.67. The number of rotatable bonds is 2. The summed E-state index contributed by atoms with van der Waals surface area (Å²) in [6, 6.07) is 4.08. The summed E-state index contributed by atoms with van der Waals surface area (Å²) in [5.74, 6) is 0. The summed E-state index contributed by atoms with van der Waals surface area (Å²) in [5.41, 5.74) is -0.171. The van der Waals surface area contributed by atoms with Gasteiger partial charge in [0.2, 0.25) is 0 Å². The molecule has 15 heavy (non-hydrogen) atoms. The smallest absolute Gasteiger partial charge is 0.262 e. The highest BCUT2D eigenvalue weighted by molar-refractivity contribution is 8.13. The van der Waals surface area contributed by atoms with Gasteiger partial charge in [0.25, 0.3) is 9.05 Å². The fraction of sp³-hybridized carbons (Fsp3) is 0.125. The van der Waals surface area contributed by atoms with Gasteiger partial charge in [0.15, 0.2) is 0 Å². The molecule has 1 aromatic carbocycles. The Hall–Kier alpha value is -0.800. The summed E-state index contributed by atoms with van der Waals surface area (Å²) >= 11 is 5.63. The Kier molecular flexibility index (Phi) is 3.58. The van der Waals surface area contributed by atoms with Crippen LogP contribution in [0.2, 0.25) is 5.02 Å².